The van der Waals surface area contributed by atoms with Crippen LogP contribution in [0.15, 0.2) is 36.5 Å². The third-order valence-electron chi connectivity index (χ3n) is 4.70. The topological polar surface area (TPSA) is 64.6 Å². The van der Waals surface area contributed by atoms with Gasteiger partial charge in [-0.1, -0.05) is 12.1 Å². The Labute approximate surface area is 165 Å². The van der Waals surface area contributed by atoms with Crippen molar-refractivity contribution < 1.29 is 9.18 Å². The van der Waals surface area contributed by atoms with Gasteiger partial charge in [-0.25, -0.2) is 14.4 Å². The Morgan fingerprint density at radius 1 is 1.14 bits per heavy atom. The Hall–Kier alpha value is -2.74. The minimum Gasteiger partial charge on any atom is -0.366 e. The van der Waals surface area contributed by atoms with Crippen LogP contribution in [0.1, 0.15) is 16.9 Å². The number of nitrogens with one attached hydrogen (secondary N) is 1. The average molecular weight is 386 g/mol. The lowest BCUT2D eigenvalue weighted by atomic mass is 10.2. The van der Waals surface area contributed by atoms with Crippen LogP contribution >= 0.6 is 0 Å². The monoisotopic (exact) mass is 386 g/mol. The first-order valence-corrected chi connectivity index (χ1v) is 9.55. The summed E-state index contributed by atoms with van der Waals surface area (Å²) >= 11 is 0. The lowest BCUT2D eigenvalue weighted by Gasteiger charge is -2.36. The van der Waals surface area contributed by atoms with E-state index in [0.29, 0.717) is 50.1 Å². The van der Waals surface area contributed by atoms with Gasteiger partial charge in [-0.05, 0) is 45.3 Å². The van der Waals surface area contributed by atoms with Gasteiger partial charge in [0.15, 0.2) is 0 Å². The third kappa shape index (κ3) is 5.16. The molecule has 150 valence electrons. The fourth-order valence-corrected chi connectivity index (χ4v) is 3.17. The zero-order valence-electron chi connectivity index (χ0n) is 16.4. The molecule has 0 radical (unpaired) electrons. The molecule has 1 N–H and O–H groups in total. The van der Waals surface area contributed by atoms with E-state index in [2.05, 4.69) is 20.2 Å². The fourth-order valence-electron chi connectivity index (χ4n) is 3.17. The Kier molecular flexibility index (Phi) is 6.76. The second-order valence-corrected chi connectivity index (χ2v) is 7.08. The summed E-state index contributed by atoms with van der Waals surface area (Å²) in [6, 6.07) is 8.43. The summed E-state index contributed by atoms with van der Waals surface area (Å²) in [5.41, 5.74) is 0.986. The van der Waals surface area contributed by atoms with Crippen LogP contribution in [0.2, 0.25) is 0 Å². The van der Waals surface area contributed by atoms with Gasteiger partial charge in [0.1, 0.15) is 11.5 Å². The predicted octanol–water partition coefficient (Wildman–Crippen LogP) is 1.62. The molecular formula is C20H27FN6O. The van der Waals surface area contributed by atoms with Crippen LogP contribution in [-0.4, -0.2) is 74.1 Å². The van der Waals surface area contributed by atoms with Crippen molar-refractivity contribution in [1.29, 1.82) is 0 Å². The molecule has 1 aromatic heterocycles. The van der Waals surface area contributed by atoms with Crippen molar-refractivity contribution in [3.05, 3.63) is 48.0 Å². The minimum absolute atomic E-state index is 0.188. The summed E-state index contributed by atoms with van der Waals surface area (Å²) in [6.07, 6.45) is 2.50. The van der Waals surface area contributed by atoms with E-state index in [1.807, 2.05) is 30.0 Å². The summed E-state index contributed by atoms with van der Waals surface area (Å²) in [5.74, 6) is 0.140. The molecule has 2 aromatic rings. The van der Waals surface area contributed by atoms with Crippen LogP contribution in [-0.2, 0) is 0 Å². The molecule has 1 aliphatic rings. The molecule has 7 nitrogen and oxygen atoms in total. The molecule has 0 aliphatic carbocycles. The molecule has 0 spiro atoms. The van der Waals surface area contributed by atoms with E-state index >= 15 is 0 Å². The van der Waals surface area contributed by atoms with Crippen LogP contribution in [0.25, 0.3) is 0 Å². The number of hydrogen-bond acceptors (Lipinski definition) is 6. The first kappa shape index (κ1) is 20.0. The molecule has 28 heavy (non-hydrogen) atoms. The highest BCUT2D eigenvalue weighted by molar-refractivity contribution is 5.92. The van der Waals surface area contributed by atoms with Crippen molar-refractivity contribution >= 4 is 17.5 Å². The number of halogens is 1. The van der Waals surface area contributed by atoms with E-state index in [1.165, 1.54) is 6.07 Å². The number of benzene rings is 1. The summed E-state index contributed by atoms with van der Waals surface area (Å²) in [6.45, 7) is 4.21. The Balaban J connectivity index is 1.56. The van der Waals surface area contributed by atoms with E-state index < -0.39 is 0 Å². The van der Waals surface area contributed by atoms with Gasteiger partial charge in [0, 0.05) is 38.9 Å². The minimum atomic E-state index is -0.208. The molecule has 1 fully saturated rings. The number of para-hydroxylation sites is 1. The Morgan fingerprint density at radius 2 is 1.86 bits per heavy atom. The van der Waals surface area contributed by atoms with E-state index in [0.717, 1.165) is 13.0 Å². The normalized spacial score (nSPS) is 14.4. The van der Waals surface area contributed by atoms with Crippen LogP contribution < -0.4 is 15.1 Å². The summed E-state index contributed by atoms with van der Waals surface area (Å²) in [4.78, 5) is 27.2. The van der Waals surface area contributed by atoms with E-state index in [1.54, 1.807) is 24.4 Å². The number of aromatic nitrogens is 2. The van der Waals surface area contributed by atoms with Gasteiger partial charge < -0.3 is 20.0 Å². The van der Waals surface area contributed by atoms with Crippen LogP contribution in [0, 0.1) is 5.82 Å². The van der Waals surface area contributed by atoms with Crippen molar-refractivity contribution in [3.8, 4) is 0 Å². The highest BCUT2D eigenvalue weighted by Crippen LogP contribution is 2.21. The number of nitrogens with zero attached hydrogens (tertiary/aromatic N) is 5. The SMILES string of the molecule is CN(C)CCCNC(=O)c1ccnc(N2CCN(c3ccccc3F)CC2)n1. The van der Waals surface area contributed by atoms with Crippen LogP contribution in [0.3, 0.4) is 0 Å². The van der Waals surface area contributed by atoms with Crippen LogP contribution in [0.5, 0.6) is 0 Å². The van der Waals surface area contributed by atoms with Gasteiger partial charge in [0.05, 0.1) is 5.69 Å². The van der Waals surface area contributed by atoms with E-state index in [-0.39, 0.29) is 11.7 Å². The number of anilines is 2. The highest BCUT2D eigenvalue weighted by atomic mass is 19.1. The maximum Gasteiger partial charge on any atom is 0.270 e. The molecule has 1 aromatic carbocycles. The van der Waals surface area contributed by atoms with Crippen LogP contribution in [0.4, 0.5) is 16.0 Å². The molecule has 0 unspecified atom stereocenters. The highest BCUT2D eigenvalue weighted by Gasteiger charge is 2.21. The number of carbonyl (C=O) groups excluding carboxylic acids is 1. The summed E-state index contributed by atoms with van der Waals surface area (Å²) in [7, 11) is 4.01. The Bertz CT molecular complexity index is 792. The maximum absolute atomic E-state index is 14.0. The van der Waals surface area contributed by atoms with Crippen molar-refractivity contribution in [1.82, 2.24) is 20.2 Å². The number of piperazine rings is 1. The predicted molar refractivity (Wildman–Crippen MR) is 108 cm³/mol. The lowest BCUT2D eigenvalue weighted by Crippen LogP contribution is -2.47. The molecule has 0 bridgehead atoms. The largest absolute Gasteiger partial charge is 0.366 e. The quantitative estimate of drug-likeness (QED) is 0.730. The molecule has 8 heteroatoms. The maximum atomic E-state index is 14.0. The fraction of sp³-hybridized carbons (Fsp3) is 0.450. The second kappa shape index (κ2) is 9.45. The molecule has 1 aliphatic heterocycles. The van der Waals surface area contributed by atoms with E-state index in [4.69, 9.17) is 0 Å². The first-order chi connectivity index (χ1) is 13.5. The van der Waals surface area contributed by atoms with Crippen molar-refractivity contribution in [2.24, 2.45) is 0 Å². The summed E-state index contributed by atoms with van der Waals surface area (Å²) in [5, 5.41) is 2.89. The molecule has 2 heterocycles. The number of amides is 1. The Morgan fingerprint density at radius 3 is 2.57 bits per heavy atom. The smallest absolute Gasteiger partial charge is 0.270 e. The molecule has 3 rings (SSSR count). The average Bonchev–Trinajstić information content (AvgIpc) is 2.71. The first-order valence-electron chi connectivity index (χ1n) is 9.55. The van der Waals surface area contributed by atoms with Crippen molar-refractivity contribution in [2.45, 2.75) is 6.42 Å². The van der Waals surface area contributed by atoms with Gasteiger partial charge in [-0.15, -0.1) is 0 Å². The van der Waals surface area contributed by atoms with Gasteiger partial charge in [0.2, 0.25) is 5.95 Å². The molecule has 1 saturated heterocycles. The molecular weight excluding hydrogens is 359 g/mol. The zero-order chi connectivity index (χ0) is 19.9. The summed E-state index contributed by atoms with van der Waals surface area (Å²) < 4.78 is 14.0. The number of hydrogen-bond donors (Lipinski definition) is 1. The van der Waals surface area contributed by atoms with Gasteiger partial charge in [0.25, 0.3) is 5.91 Å². The van der Waals surface area contributed by atoms with Gasteiger partial charge >= 0.3 is 0 Å². The zero-order valence-corrected chi connectivity index (χ0v) is 16.4. The van der Waals surface area contributed by atoms with Gasteiger partial charge in [-0.2, -0.15) is 0 Å². The van der Waals surface area contributed by atoms with E-state index in [9.17, 15) is 9.18 Å². The second-order valence-electron chi connectivity index (χ2n) is 7.08. The van der Waals surface area contributed by atoms with Crippen molar-refractivity contribution in [3.63, 3.8) is 0 Å². The van der Waals surface area contributed by atoms with Gasteiger partial charge in [-0.3, -0.25) is 4.79 Å². The molecule has 1 amide bonds. The lowest BCUT2D eigenvalue weighted by molar-refractivity contribution is 0.0947. The molecule has 0 atom stereocenters. The standard InChI is InChI=1S/C20H27FN6O/c1-25(2)11-5-9-22-19(28)17-8-10-23-20(24-17)27-14-12-26(13-15-27)18-7-4-3-6-16(18)21/h3-4,6-8,10H,5,9,11-15H2,1-2H3,(H,22,28). The van der Waals surface area contributed by atoms with Crippen molar-refractivity contribution in [2.75, 3.05) is 63.2 Å². The molecule has 0 saturated carbocycles. The number of carbonyl (C=O) groups is 1. The third-order valence-corrected chi connectivity index (χ3v) is 4.70. The number of rotatable bonds is 7.